The number of nitrogens with one attached hydrogen (secondary N) is 7. The van der Waals surface area contributed by atoms with Crippen LogP contribution in [0, 0.1) is 19.8 Å². The van der Waals surface area contributed by atoms with Gasteiger partial charge in [0.25, 0.3) is 5.91 Å². The Morgan fingerprint density at radius 1 is 0.700 bits per heavy atom. The lowest BCUT2D eigenvalue weighted by Crippen LogP contribution is -2.60. The lowest BCUT2D eigenvalue weighted by molar-refractivity contribution is -0.277. The van der Waals surface area contributed by atoms with Crippen LogP contribution in [0.3, 0.4) is 0 Å². The van der Waals surface area contributed by atoms with E-state index >= 15 is 24.0 Å². The van der Waals surface area contributed by atoms with Crippen LogP contribution in [0.1, 0.15) is 117 Å². The van der Waals surface area contributed by atoms with Crippen LogP contribution in [0.4, 0.5) is 4.79 Å². The standard InChI is InChI=1S/C67H78ClN9O23/c1-26(2)16-38(77(8)66(94)100-67(5,6)7)59(88)74-50-52(82)30-11-14-40(27(3)17-30)96-42-21-32-22-43(57(42)99-65-56(86)55(85)54(84)44(25-78)98-65)97-41-15-12-31(20-36(41)68)53(83)51-63(92)73-49(64(93)76-95-9)35-23-33(79)18-28(4)46(35)34-19-29(10-13-39(34)80)47(60(89)75-51)72-61(90)48(32)71-58(87)37(24-45(69)81)70-62(50)91/h10-15,17-23,26,37-38,44,47-56,65,78-80,82-86H,16,24-25H2,1-9H3,(H2,69,81)(H,70,91)(H,71,87)(H,72,90)(H,73,92)(H,74,88)(H,75,89)(H,76,93)/t37-,38+,44+,47+,48+,49-,50+,51-,52+,53+,54+,55-,56+,65-/m0/s1. The molecule has 0 aliphatic carbocycles. The number of aliphatic hydroxyl groups is 6. The summed E-state index contributed by atoms with van der Waals surface area (Å²) in [6.07, 6.45) is -16.0. The third-order valence-electron chi connectivity index (χ3n) is 16.8. The molecule has 536 valence electrons. The molecule has 5 aromatic rings. The number of carbonyl (C=O) groups excluding carboxylic acids is 9. The zero-order valence-corrected chi connectivity index (χ0v) is 56.1. The lowest BCUT2D eigenvalue weighted by atomic mass is 9.87. The van der Waals surface area contributed by atoms with Gasteiger partial charge in [-0.05, 0) is 152 Å². The molecular weight excluding hydrogens is 1330 g/mol. The van der Waals surface area contributed by atoms with Gasteiger partial charge < -0.3 is 102 Å². The van der Waals surface area contributed by atoms with Crippen LogP contribution in [0.2, 0.25) is 5.02 Å². The molecule has 32 nitrogen and oxygen atoms in total. The zero-order chi connectivity index (χ0) is 73.3. The van der Waals surface area contributed by atoms with E-state index in [2.05, 4.69) is 37.4 Å². The summed E-state index contributed by atoms with van der Waals surface area (Å²) in [5, 5.41) is 106. The van der Waals surface area contributed by atoms with Gasteiger partial charge in [0.2, 0.25) is 53.4 Å². The van der Waals surface area contributed by atoms with Gasteiger partial charge in [0.15, 0.2) is 11.5 Å². The van der Waals surface area contributed by atoms with E-state index in [1.807, 2.05) is 0 Å². The quantitative estimate of drug-likeness (QED) is 0.0784. The summed E-state index contributed by atoms with van der Waals surface area (Å²) in [6, 6.07) is 1.32. The lowest BCUT2D eigenvalue weighted by Gasteiger charge is -2.39. The number of hydroxylamine groups is 1. The Morgan fingerprint density at radius 3 is 1.94 bits per heavy atom. The number of aliphatic hydroxyl groups excluding tert-OH is 6. The van der Waals surface area contributed by atoms with Gasteiger partial charge in [-0.1, -0.05) is 43.6 Å². The largest absolute Gasteiger partial charge is 0.508 e. The van der Waals surface area contributed by atoms with Crippen LogP contribution in [0.15, 0.2) is 78.9 Å². The number of rotatable bonds is 12. The number of phenols is 2. The first-order valence-electron chi connectivity index (χ1n) is 31.4. The van der Waals surface area contributed by atoms with Crippen molar-refractivity contribution in [2.24, 2.45) is 11.7 Å². The maximum atomic E-state index is 16.0. The molecular formula is C67H78ClN9O23. The SMILES string of the molecule is CONC(=O)[C@H]1NC(=O)[C@H]2NC(=O)[C@H](NC(=O)[C@@H]3NC(=O)[C@H](CC(N)=O)NC(=O)[C@H](NC(=O)[C@@H](CC(C)C)N(C)C(=O)OC(C)(C)C)[C@H](O)c4ccc(c(C)c4)Oc4cc3cc(c4O[C@@H]3O[C@H](CO)[C@@H](O)[C@H](O)[C@H]3O)Oc3ccc(cc3Cl)[C@H]2O)c2ccc(O)c(c2)-c2c(C)cc(O)cc21. The van der Waals surface area contributed by atoms with Crippen molar-refractivity contribution < 1.29 is 113 Å². The van der Waals surface area contributed by atoms with Gasteiger partial charge in [0.05, 0.1) is 25.2 Å². The number of ether oxygens (including phenoxy) is 5. The first-order chi connectivity index (χ1) is 47.1. The summed E-state index contributed by atoms with van der Waals surface area (Å²) in [4.78, 5) is 138. The van der Waals surface area contributed by atoms with Crippen LogP contribution >= 0.6 is 11.6 Å². The minimum Gasteiger partial charge on any atom is -0.508 e. The molecule has 17 N–H and O–H groups in total. The van der Waals surface area contributed by atoms with Gasteiger partial charge in [-0.25, -0.2) is 10.3 Å². The molecule has 14 atom stereocenters. The molecule has 6 aliphatic heterocycles. The number of nitrogens with zero attached hydrogens (tertiary/aromatic N) is 1. The van der Waals surface area contributed by atoms with Crippen LogP contribution in [0.25, 0.3) is 11.1 Å². The van der Waals surface area contributed by atoms with E-state index in [9.17, 15) is 60.0 Å². The number of primary amides is 1. The van der Waals surface area contributed by atoms with Gasteiger partial charge in [0.1, 0.15) is 108 Å². The number of fused-ring (bicyclic) bond motifs is 15. The Labute approximate surface area is 576 Å². The Kier molecular flexibility index (Phi) is 22.5. The summed E-state index contributed by atoms with van der Waals surface area (Å²) in [5.74, 6) is -13.4. The second kappa shape index (κ2) is 30.3. The number of phenolic OH excluding ortho intramolecular Hbond substituents is 2. The predicted octanol–water partition coefficient (Wildman–Crippen LogP) is 1.37. The van der Waals surface area contributed by atoms with Crippen LogP contribution in [-0.2, 0) is 52.7 Å². The fourth-order valence-corrected chi connectivity index (χ4v) is 12.1. The highest BCUT2D eigenvalue weighted by molar-refractivity contribution is 6.32. The normalized spacial score (nSPS) is 25.0. The maximum absolute atomic E-state index is 16.0. The molecule has 6 aliphatic rings. The fraction of sp³-hybridized carbons (Fsp3) is 0.418. The Hall–Kier alpha value is -9.90. The summed E-state index contributed by atoms with van der Waals surface area (Å²) in [6.45, 7) is 10.3. The molecule has 9 amide bonds. The number of benzene rings is 5. The molecule has 11 rings (SSSR count). The van der Waals surface area contributed by atoms with Gasteiger partial charge in [-0.15, -0.1) is 0 Å². The third kappa shape index (κ3) is 16.2. The number of carbonyl (C=O) groups is 9. The van der Waals surface area contributed by atoms with Crippen molar-refractivity contribution >= 4 is 65.0 Å². The number of aromatic hydroxyl groups is 2. The van der Waals surface area contributed by atoms with Gasteiger partial charge in [-0.2, -0.15) is 0 Å². The summed E-state index contributed by atoms with van der Waals surface area (Å²) in [5.41, 5.74) is 5.92. The van der Waals surface area contributed by atoms with Crippen molar-refractivity contribution in [3.63, 3.8) is 0 Å². The van der Waals surface area contributed by atoms with E-state index < -0.39 is 191 Å². The van der Waals surface area contributed by atoms with Crippen molar-refractivity contribution in [1.82, 2.24) is 42.3 Å². The first kappa shape index (κ1) is 74.3. The number of hydrogen-bond acceptors (Lipinski definition) is 23. The van der Waals surface area contributed by atoms with E-state index in [4.69, 9.17) is 45.9 Å². The van der Waals surface area contributed by atoms with Gasteiger partial charge in [-0.3, -0.25) is 48.1 Å². The summed E-state index contributed by atoms with van der Waals surface area (Å²) >= 11 is 7.02. The van der Waals surface area contributed by atoms with E-state index in [1.54, 1.807) is 34.6 Å². The molecule has 0 saturated carbocycles. The molecule has 0 spiro atoms. The van der Waals surface area contributed by atoms with Crippen LogP contribution in [0.5, 0.6) is 40.2 Å². The van der Waals surface area contributed by atoms with E-state index in [0.717, 1.165) is 42.3 Å². The van der Waals surface area contributed by atoms with E-state index in [-0.39, 0.29) is 73.4 Å². The van der Waals surface area contributed by atoms with Gasteiger partial charge >= 0.3 is 6.09 Å². The van der Waals surface area contributed by atoms with Gasteiger partial charge in [0, 0.05) is 12.6 Å². The first-order valence-corrected chi connectivity index (χ1v) is 31.8. The number of hydrogen-bond donors (Lipinski definition) is 16. The molecule has 11 bridgehead atoms. The number of aryl methyl sites for hydroxylation is 2. The number of likely N-dealkylation sites (N-methyl/N-ethyl adjacent to an activating group) is 1. The topological polar surface area (TPSA) is 484 Å². The van der Waals surface area contributed by atoms with Crippen molar-refractivity contribution in [2.45, 2.75) is 152 Å². The summed E-state index contributed by atoms with van der Waals surface area (Å²) < 4.78 is 30.9. The second-order valence-corrected chi connectivity index (χ2v) is 26.3. The fourth-order valence-electron chi connectivity index (χ4n) is 11.8. The molecule has 33 heteroatoms. The number of nitrogens with two attached hydrogens (primary N) is 1. The van der Waals surface area contributed by atoms with Crippen molar-refractivity contribution in [3.8, 4) is 51.4 Å². The zero-order valence-electron chi connectivity index (χ0n) is 55.4. The monoisotopic (exact) mass is 1410 g/mol. The smallest absolute Gasteiger partial charge is 0.410 e. The van der Waals surface area contributed by atoms with Crippen molar-refractivity contribution in [2.75, 3.05) is 20.8 Å². The average molecular weight is 1410 g/mol. The maximum Gasteiger partial charge on any atom is 0.410 e. The molecule has 100 heavy (non-hydrogen) atoms. The van der Waals surface area contributed by atoms with Crippen LogP contribution < -0.4 is 57.3 Å². The van der Waals surface area contributed by atoms with Crippen LogP contribution in [-0.4, -0.2) is 180 Å². The summed E-state index contributed by atoms with van der Waals surface area (Å²) in [7, 11) is 2.38. The third-order valence-corrected chi connectivity index (χ3v) is 17.1. The molecule has 5 aromatic carbocycles. The molecule has 0 unspecified atom stereocenters. The molecule has 6 heterocycles. The molecule has 1 fully saturated rings. The predicted molar refractivity (Wildman–Crippen MR) is 348 cm³/mol. The Morgan fingerprint density at radius 2 is 1.32 bits per heavy atom. The van der Waals surface area contributed by atoms with E-state index in [0.29, 0.717) is 0 Å². The number of halogens is 1. The molecule has 1 saturated heterocycles. The van der Waals surface area contributed by atoms with Crippen molar-refractivity contribution in [3.05, 3.63) is 123 Å². The molecule has 0 aromatic heterocycles. The highest BCUT2D eigenvalue weighted by Crippen LogP contribution is 2.48. The van der Waals surface area contributed by atoms with Crippen molar-refractivity contribution in [1.29, 1.82) is 0 Å². The Bertz CT molecular complexity index is 4040. The Balaban J connectivity index is 1.30. The average Bonchev–Trinajstić information content (AvgIpc) is 0.760. The second-order valence-electron chi connectivity index (χ2n) is 25.9. The van der Waals surface area contributed by atoms with E-state index in [1.165, 1.54) is 69.4 Å². The highest BCUT2D eigenvalue weighted by atomic mass is 35.5. The number of amides is 9. The minimum absolute atomic E-state index is 0.0116. The minimum atomic E-state index is -2.28. The highest BCUT2D eigenvalue weighted by Gasteiger charge is 2.47. The molecule has 0 radical (unpaired) electrons.